The van der Waals surface area contributed by atoms with Gasteiger partial charge >= 0.3 is 5.97 Å². The fourth-order valence-corrected chi connectivity index (χ4v) is 2.05. The van der Waals surface area contributed by atoms with Gasteiger partial charge in [-0.1, -0.05) is 51.6 Å². The quantitative estimate of drug-likeness (QED) is 0.319. The van der Waals surface area contributed by atoms with E-state index in [1.54, 1.807) is 6.92 Å². The molecule has 0 radical (unpaired) electrons. The van der Waals surface area contributed by atoms with Crippen LogP contribution in [0, 0.1) is 0 Å². The van der Waals surface area contributed by atoms with Crippen molar-refractivity contribution in [1.29, 1.82) is 0 Å². The van der Waals surface area contributed by atoms with Crippen molar-refractivity contribution < 1.29 is 14.6 Å². The monoisotopic (exact) mass is 345 g/mol. The third kappa shape index (κ3) is 5.99. The molecular weight excluding hydrogens is 318 g/mol. The molecule has 0 aromatic heterocycles. The Morgan fingerprint density at radius 1 is 1.32 bits per heavy atom. The van der Waals surface area contributed by atoms with Gasteiger partial charge in [-0.2, -0.15) is 4.99 Å². The van der Waals surface area contributed by atoms with Gasteiger partial charge in [-0.25, -0.2) is 4.79 Å². The largest absolute Gasteiger partial charge is 0.476 e. The summed E-state index contributed by atoms with van der Waals surface area (Å²) in [7, 11) is 1.32. The van der Waals surface area contributed by atoms with Crippen molar-refractivity contribution in [2.24, 2.45) is 10.7 Å². The molecular formula is C19H27N3O3. The van der Waals surface area contributed by atoms with E-state index in [1.165, 1.54) is 12.7 Å². The Morgan fingerprint density at radius 3 is 2.32 bits per heavy atom. The highest BCUT2D eigenvalue weighted by Crippen LogP contribution is 2.22. The molecule has 0 saturated heterocycles. The zero-order valence-electron chi connectivity index (χ0n) is 15.5. The molecule has 0 amide bonds. The number of nitrogens with two attached hydrogens (primary N) is 1. The number of nitrogens with one attached hydrogen (secondary N) is 1. The maximum absolute atomic E-state index is 11.4. The number of aliphatic carboxylic acids is 1. The standard InChI is InChI=1S/C19H27N3O3/c1-12(16(17(23)24)22-18(20)25-6)13(2)21-11-14-7-9-15(10-8-14)19(3,4)5/h7-10,21H,2,11H2,1,3-6H3,(H2,20,22)(H,23,24)/b16-12-. The zero-order valence-corrected chi connectivity index (χ0v) is 15.5. The molecule has 0 aliphatic heterocycles. The van der Waals surface area contributed by atoms with Crippen LogP contribution in [0.2, 0.25) is 0 Å². The Kier molecular flexibility index (Phi) is 6.79. The molecule has 1 aromatic rings. The summed E-state index contributed by atoms with van der Waals surface area (Å²) < 4.78 is 4.71. The van der Waals surface area contributed by atoms with Crippen molar-refractivity contribution in [2.45, 2.75) is 39.7 Å². The number of carboxylic acid groups (broad SMARTS) is 1. The van der Waals surface area contributed by atoms with Crippen LogP contribution < -0.4 is 11.1 Å². The first kappa shape index (κ1) is 20.3. The Morgan fingerprint density at radius 2 is 1.88 bits per heavy atom. The summed E-state index contributed by atoms with van der Waals surface area (Å²) in [6.07, 6.45) is 0. The van der Waals surface area contributed by atoms with Gasteiger partial charge in [0.1, 0.15) is 0 Å². The summed E-state index contributed by atoms with van der Waals surface area (Å²) in [4.78, 5) is 15.1. The Hall–Kier alpha value is -2.76. The average molecular weight is 345 g/mol. The summed E-state index contributed by atoms with van der Waals surface area (Å²) in [5.74, 6) is -1.20. The summed E-state index contributed by atoms with van der Waals surface area (Å²) in [6.45, 7) is 12.5. The van der Waals surface area contributed by atoms with Crippen LogP contribution in [0.1, 0.15) is 38.8 Å². The lowest BCUT2D eigenvalue weighted by Crippen LogP contribution is -2.19. The molecule has 4 N–H and O–H groups in total. The maximum atomic E-state index is 11.4. The molecule has 136 valence electrons. The van der Waals surface area contributed by atoms with E-state index in [-0.39, 0.29) is 17.1 Å². The number of hydrogen-bond donors (Lipinski definition) is 3. The van der Waals surface area contributed by atoms with Gasteiger partial charge in [0.05, 0.1) is 7.11 Å². The minimum atomic E-state index is -1.20. The molecule has 0 heterocycles. The third-order valence-corrected chi connectivity index (χ3v) is 3.77. The second-order valence-corrected chi connectivity index (χ2v) is 6.71. The SMILES string of the molecule is C=C(NCc1ccc(C(C)(C)C)cc1)/C(C)=C(\N=C(N)OC)C(=O)O. The number of ether oxygens (including phenoxy) is 1. The van der Waals surface area contributed by atoms with E-state index in [4.69, 9.17) is 10.5 Å². The van der Waals surface area contributed by atoms with E-state index in [1.807, 2.05) is 12.1 Å². The molecule has 25 heavy (non-hydrogen) atoms. The van der Waals surface area contributed by atoms with Gasteiger partial charge in [0.15, 0.2) is 5.70 Å². The van der Waals surface area contributed by atoms with Crippen LogP contribution >= 0.6 is 0 Å². The van der Waals surface area contributed by atoms with Gasteiger partial charge in [-0.05, 0) is 23.5 Å². The van der Waals surface area contributed by atoms with E-state index >= 15 is 0 Å². The summed E-state index contributed by atoms with van der Waals surface area (Å²) in [5.41, 5.74) is 8.51. The molecule has 1 rings (SSSR count). The van der Waals surface area contributed by atoms with Gasteiger partial charge in [0.2, 0.25) is 0 Å². The molecule has 0 unspecified atom stereocenters. The van der Waals surface area contributed by atoms with Crippen LogP contribution in [0.4, 0.5) is 0 Å². The highest BCUT2D eigenvalue weighted by molar-refractivity contribution is 5.91. The lowest BCUT2D eigenvalue weighted by atomic mass is 9.87. The number of carbonyl (C=O) groups is 1. The van der Waals surface area contributed by atoms with Crippen molar-refractivity contribution in [3.63, 3.8) is 0 Å². The summed E-state index contributed by atoms with van der Waals surface area (Å²) in [6, 6.07) is 8.05. The Labute approximate surface area is 149 Å². The van der Waals surface area contributed by atoms with Crippen molar-refractivity contribution in [1.82, 2.24) is 5.32 Å². The lowest BCUT2D eigenvalue weighted by molar-refractivity contribution is -0.132. The van der Waals surface area contributed by atoms with E-state index in [0.29, 0.717) is 17.8 Å². The fraction of sp³-hybridized carbons (Fsp3) is 0.368. The van der Waals surface area contributed by atoms with Crippen molar-refractivity contribution in [3.05, 3.63) is 58.9 Å². The number of amidine groups is 1. The predicted octanol–water partition coefficient (Wildman–Crippen LogP) is 2.91. The van der Waals surface area contributed by atoms with Crippen LogP contribution in [-0.2, 0) is 21.5 Å². The molecule has 0 fully saturated rings. The van der Waals surface area contributed by atoms with Crippen LogP contribution in [0.3, 0.4) is 0 Å². The predicted molar refractivity (Wildman–Crippen MR) is 100 cm³/mol. The van der Waals surface area contributed by atoms with Crippen LogP contribution in [0.25, 0.3) is 0 Å². The third-order valence-electron chi connectivity index (χ3n) is 3.77. The van der Waals surface area contributed by atoms with Crippen LogP contribution in [0.15, 0.2) is 52.8 Å². The van der Waals surface area contributed by atoms with E-state index in [2.05, 4.69) is 49.8 Å². The molecule has 6 heteroatoms. The lowest BCUT2D eigenvalue weighted by Gasteiger charge is -2.19. The second kappa shape index (κ2) is 8.37. The first-order chi connectivity index (χ1) is 11.6. The van der Waals surface area contributed by atoms with Gasteiger partial charge in [-0.3, -0.25) is 0 Å². The van der Waals surface area contributed by atoms with Crippen molar-refractivity contribution >= 4 is 12.0 Å². The van der Waals surface area contributed by atoms with E-state index in [9.17, 15) is 9.90 Å². The topological polar surface area (TPSA) is 96.9 Å². The first-order valence-electron chi connectivity index (χ1n) is 7.91. The van der Waals surface area contributed by atoms with Gasteiger partial charge in [0, 0.05) is 17.8 Å². The fourth-order valence-electron chi connectivity index (χ4n) is 2.05. The molecule has 0 bridgehead atoms. The number of carboxylic acids is 1. The van der Waals surface area contributed by atoms with Crippen molar-refractivity contribution in [2.75, 3.05) is 7.11 Å². The van der Waals surface area contributed by atoms with Crippen LogP contribution in [0.5, 0.6) is 0 Å². The molecule has 0 atom stereocenters. The number of rotatable bonds is 6. The molecule has 0 saturated carbocycles. The highest BCUT2D eigenvalue weighted by atomic mass is 16.5. The average Bonchev–Trinajstić information content (AvgIpc) is 2.55. The van der Waals surface area contributed by atoms with Gasteiger partial charge in [0.25, 0.3) is 6.02 Å². The molecule has 6 nitrogen and oxygen atoms in total. The van der Waals surface area contributed by atoms with E-state index in [0.717, 1.165) is 5.56 Å². The number of hydrogen-bond acceptors (Lipinski definition) is 4. The maximum Gasteiger partial charge on any atom is 0.355 e. The Bertz CT molecular complexity index is 696. The minimum Gasteiger partial charge on any atom is -0.476 e. The van der Waals surface area contributed by atoms with Crippen molar-refractivity contribution in [3.8, 4) is 0 Å². The Balaban J connectivity index is 2.87. The number of benzene rings is 1. The number of aliphatic imine (C=N–C) groups is 1. The van der Waals surface area contributed by atoms with Crippen LogP contribution in [-0.4, -0.2) is 24.2 Å². The molecule has 1 aromatic carbocycles. The summed E-state index contributed by atoms with van der Waals surface area (Å²) >= 11 is 0. The molecule has 0 aliphatic carbocycles. The smallest absolute Gasteiger partial charge is 0.355 e. The van der Waals surface area contributed by atoms with Gasteiger partial charge in [-0.15, -0.1) is 0 Å². The minimum absolute atomic E-state index is 0.102. The normalized spacial score (nSPS) is 13.1. The summed E-state index contributed by atoms with van der Waals surface area (Å²) in [5, 5.41) is 12.4. The number of allylic oxidation sites excluding steroid dienone is 1. The zero-order chi connectivity index (χ0) is 19.2. The molecule has 0 spiro atoms. The van der Waals surface area contributed by atoms with Gasteiger partial charge < -0.3 is 20.9 Å². The van der Waals surface area contributed by atoms with E-state index < -0.39 is 5.97 Å². The number of nitrogens with zero attached hydrogens (tertiary/aromatic N) is 1. The highest BCUT2D eigenvalue weighted by Gasteiger charge is 2.15. The first-order valence-corrected chi connectivity index (χ1v) is 7.91. The second-order valence-electron chi connectivity index (χ2n) is 6.71. The number of methoxy groups -OCH3 is 1. The molecule has 0 aliphatic rings.